The van der Waals surface area contributed by atoms with Gasteiger partial charge in [0, 0.05) is 33.3 Å². The zero-order valence-electron chi connectivity index (χ0n) is 25.6. The Kier molecular flexibility index (Phi) is 5.77. The second-order valence-corrected chi connectivity index (χ2v) is 11.9. The highest BCUT2D eigenvalue weighted by Crippen LogP contribution is 2.38. The number of rotatable bonds is 4. The second-order valence-electron chi connectivity index (χ2n) is 11.9. The van der Waals surface area contributed by atoms with Crippen molar-refractivity contribution in [3.05, 3.63) is 152 Å². The number of aromatic nitrogens is 5. The van der Waals surface area contributed by atoms with Gasteiger partial charge in [0.25, 0.3) is 0 Å². The molecule has 0 amide bonds. The quantitative estimate of drug-likeness (QED) is 0.197. The Balaban J connectivity index is 1.29. The minimum atomic E-state index is 0.526. The third-order valence-electron chi connectivity index (χ3n) is 9.17. The molecule has 0 fully saturated rings. The summed E-state index contributed by atoms with van der Waals surface area (Å²) in [6.07, 6.45) is 1.75. The number of hydrogen-bond donors (Lipinski definition) is 0. The summed E-state index contributed by atoms with van der Waals surface area (Å²) in [7, 11) is 0. The average molecular weight is 616 g/mol. The van der Waals surface area contributed by atoms with Crippen molar-refractivity contribution >= 4 is 54.6 Å². The number of hydrogen-bond acceptors (Lipinski definition) is 5. The Morgan fingerprint density at radius 2 is 1.00 bits per heavy atom. The Morgan fingerprint density at radius 1 is 0.417 bits per heavy atom. The van der Waals surface area contributed by atoms with Crippen molar-refractivity contribution < 1.29 is 4.42 Å². The summed E-state index contributed by atoms with van der Waals surface area (Å²) in [5.41, 5.74) is 7.35. The molecule has 0 aliphatic heterocycles. The predicted molar refractivity (Wildman–Crippen MR) is 193 cm³/mol. The van der Waals surface area contributed by atoms with Crippen LogP contribution in [0.5, 0.6) is 0 Å². The summed E-state index contributed by atoms with van der Waals surface area (Å²) in [6, 6.07) is 50.1. The van der Waals surface area contributed by atoms with Crippen LogP contribution in [0.4, 0.5) is 0 Å². The summed E-state index contributed by atoms with van der Waals surface area (Å²) < 4.78 is 8.51. The molecule has 6 heteroatoms. The molecule has 6 nitrogen and oxygen atoms in total. The maximum absolute atomic E-state index is 6.37. The summed E-state index contributed by atoms with van der Waals surface area (Å²) in [4.78, 5) is 20.1. The van der Waals surface area contributed by atoms with Crippen LogP contribution >= 0.6 is 0 Å². The fourth-order valence-corrected chi connectivity index (χ4v) is 7.02. The predicted octanol–water partition coefficient (Wildman–Crippen LogP) is 10.4. The van der Waals surface area contributed by atoms with Crippen LogP contribution < -0.4 is 0 Å². The Morgan fingerprint density at radius 3 is 1.75 bits per heavy atom. The fraction of sp³-hybridized carbons (Fsp3) is 0. The van der Waals surface area contributed by atoms with Gasteiger partial charge in [0.05, 0.1) is 16.6 Å². The lowest BCUT2D eigenvalue weighted by molar-refractivity contribution is 0.654. The molecule has 4 heterocycles. The highest BCUT2D eigenvalue weighted by molar-refractivity contribution is 6.10. The SMILES string of the molecule is c1ccc(-c2ccc(-c3nc(-c4cccc5c4oc4ncccc45)nc(-n4c5ccccc5c5ccccc54)n3)c3ccccc23)cc1. The first-order valence-electron chi connectivity index (χ1n) is 15.9. The molecule has 0 aliphatic rings. The molecular weight excluding hydrogens is 590 g/mol. The van der Waals surface area contributed by atoms with E-state index < -0.39 is 0 Å². The lowest BCUT2D eigenvalue weighted by Crippen LogP contribution is -2.06. The van der Waals surface area contributed by atoms with Crippen LogP contribution in [0.2, 0.25) is 0 Å². The van der Waals surface area contributed by atoms with Gasteiger partial charge in [0.15, 0.2) is 11.6 Å². The van der Waals surface area contributed by atoms with E-state index in [-0.39, 0.29) is 0 Å². The molecule has 0 saturated carbocycles. The minimum absolute atomic E-state index is 0.526. The lowest BCUT2D eigenvalue weighted by Gasteiger charge is -2.14. The lowest BCUT2D eigenvalue weighted by atomic mass is 9.95. The normalized spacial score (nSPS) is 11.8. The van der Waals surface area contributed by atoms with Gasteiger partial charge >= 0.3 is 0 Å². The molecule has 48 heavy (non-hydrogen) atoms. The van der Waals surface area contributed by atoms with Gasteiger partial charge in [-0.05, 0) is 58.3 Å². The molecule has 224 valence electrons. The van der Waals surface area contributed by atoms with Crippen LogP contribution in [0.25, 0.3) is 94.5 Å². The Labute approximate surface area is 274 Å². The van der Waals surface area contributed by atoms with Crippen molar-refractivity contribution in [2.24, 2.45) is 0 Å². The monoisotopic (exact) mass is 615 g/mol. The number of pyridine rings is 1. The maximum atomic E-state index is 6.37. The first kappa shape index (κ1) is 26.5. The van der Waals surface area contributed by atoms with E-state index in [1.54, 1.807) is 6.20 Å². The molecule has 6 aromatic carbocycles. The van der Waals surface area contributed by atoms with E-state index in [1.807, 2.05) is 30.3 Å². The fourth-order valence-electron chi connectivity index (χ4n) is 7.02. The van der Waals surface area contributed by atoms with E-state index in [2.05, 4.69) is 125 Å². The third-order valence-corrected chi connectivity index (χ3v) is 9.17. The smallest absolute Gasteiger partial charge is 0.238 e. The Bertz CT molecular complexity index is 2800. The van der Waals surface area contributed by atoms with Gasteiger partial charge in [-0.2, -0.15) is 9.97 Å². The van der Waals surface area contributed by atoms with Gasteiger partial charge < -0.3 is 4.42 Å². The van der Waals surface area contributed by atoms with Crippen molar-refractivity contribution in [3.8, 4) is 39.9 Å². The average Bonchev–Trinajstić information content (AvgIpc) is 3.71. The molecule has 0 spiro atoms. The molecule has 10 rings (SSSR count). The van der Waals surface area contributed by atoms with E-state index in [9.17, 15) is 0 Å². The molecular formula is C42H25N5O. The summed E-state index contributed by atoms with van der Waals surface area (Å²) in [5.74, 6) is 1.64. The van der Waals surface area contributed by atoms with Crippen LogP contribution in [0.3, 0.4) is 0 Å². The first-order valence-corrected chi connectivity index (χ1v) is 15.9. The van der Waals surface area contributed by atoms with Crippen molar-refractivity contribution in [2.45, 2.75) is 0 Å². The standard InChI is InChI=1S/C42H25N5O/c1-2-12-26(13-3-1)27-23-24-33(29-15-5-4-14-28(27)29)39-44-40(35-19-10-18-32-34-20-11-25-43-41(34)48-38(32)35)46-42(45-39)47-36-21-8-6-16-30(36)31-17-7-9-22-37(31)47/h1-25H. The molecule has 0 aliphatic carbocycles. The van der Waals surface area contributed by atoms with Crippen LogP contribution in [-0.4, -0.2) is 24.5 Å². The minimum Gasteiger partial charge on any atom is -0.437 e. The molecule has 10 aromatic rings. The second kappa shape index (κ2) is 10.4. The zero-order valence-corrected chi connectivity index (χ0v) is 25.6. The first-order chi connectivity index (χ1) is 23.8. The number of benzene rings is 6. The van der Waals surface area contributed by atoms with Gasteiger partial charge in [-0.25, -0.2) is 9.97 Å². The van der Waals surface area contributed by atoms with E-state index in [0.717, 1.165) is 65.6 Å². The number of fused-ring (bicyclic) bond motifs is 7. The molecule has 4 aromatic heterocycles. The number of furan rings is 1. The summed E-state index contributed by atoms with van der Waals surface area (Å²) in [5, 5.41) is 6.39. The third kappa shape index (κ3) is 3.99. The van der Waals surface area contributed by atoms with Crippen LogP contribution in [0.1, 0.15) is 0 Å². The molecule has 0 atom stereocenters. The van der Waals surface area contributed by atoms with Crippen LogP contribution in [-0.2, 0) is 0 Å². The van der Waals surface area contributed by atoms with Gasteiger partial charge in [-0.1, -0.05) is 109 Å². The van der Waals surface area contributed by atoms with Crippen molar-refractivity contribution in [3.63, 3.8) is 0 Å². The summed E-state index contributed by atoms with van der Waals surface area (Å²) >= 11 is 0. The van der Waals surface area contributed by atoms with E-state index >= 15 is 0 Å². The van der Waals surface area contributed by atoms with E-state index in [4.69, 9.17) is 19.4 Å². The Hall–Kier alpha value is -6.66. The van der Waals surface area contributed by atoms with Gasteiger partial charge in [0.1, 0.15) is 5.58 Å². The maximum Gasteiger partial charge on any atom is 0.238 e. The van der Waals surface area contributed by atoms with Gasteiger partial charge in [-0.15, -0.1) is 0 Å². The molecule has 0 bridgehead atoms. The van der Waals surface area contributed by atoms with Crippen LogP contribution in [0, 0.1) is 0 Å². The number of para-hydroxylation sites is 3. The van der Waals surface area contributed by atoms with Crippen molar-refractivity contribution in [2.75, 3.05) is 0 Å². The number of nitrogens with zero attached hydrogens (tertiary/aromatic N) is 5. The summed E-state index contributed by atoms with van der Waals surface area (Å²) in [6.45, 7) is 0. The van der Waals surface area contributed by atoms with E-state index in [1.165, 1.54) is 0 Å². The van der Waals surface area contributed by atoms with E-state index in [0.29, 0.717) is 28.9 Å². The molecule has 0 N–H and O–H groups in total. The highest BCUT2D eigenvalue weighted by atomic mass is 16.3. The van der Waals surface area contributed by atoms with Crippen LogP contribution in [0.15, 0.2) is 156 Å². The topological polar surface area (TPSA) is 69.6 Å². The van der Waals surface area contributed by atoms with Gasteiger partial charge in [-0.3, -0.25) is 4.57 Å². The molecule has 0 unspecified atom stereocenters. The largest absolute Gasteiger partial charge is 0.437 e. The van der Waals surface area contributed by atoms with Gasteiger partial charge in [0.2, 0.25) is 11.7 Å². The zero-order chi connectivity index (χ0) is 31.6. The van der Waals surface area contributed by atoms with Crippen molar-refractivity contribution in [1.82, 2.24) is 24.5 Å². The molecule has 0 radical (unpaired) electrons. The van der Waals surface area contributed by atoms with Crippen molar-refractivity contribution in [1.29, 1.82) is 0 Å². The highest BCUT2D eigenvalue weighted by Gasteiger charge is 2.21. The molecule has 0 saturated heterocycles.